The Balaban J connectivity index is 1.34. The molecule has 1 aliphatic carbocycles. The van der Waals surface area contributed by atoms with E-state index < -0.39 is 0 Å². The van der Waals surface area contributed by atoms with Gasteiger partial charge in [-0.05, 0) is 35.4 Å². The maximum Gasteiger partial charge on any atom is 0.127 e. The van der Waals surface area contributed by atoms with Crippen molar-refractivity contribution in [3.8, 4) is 11.5 Å². The van der Waals surface area contributed by atoms with Crippen LogP contribution in [0.1, 0.15) is 24.0 Å². The van der Waals surface area contributed by atoms with Gasteiger partial charge in [-0.1, -0.05) is 67.6 Å². The van der Waals surface area contributed by atoms with Crippen molar-refractivity contribution in [2.45, 2.75) is 24.8 Å². The largest absolute Gasteiger partial charge is 0.457 e. The molecule has 0 unspecified atom stereocenters. The molecule has 1 saturated carbocycles. The first-order chi connectivity index (χ1) is 13.2. The molecule has 3 heteroatoms. The highest BCUT2D eigenvalue weighted by Gasteiger charge is 2.61. The molecule has 0 aliphatic heterocycles. The highest BCUT2D eigenvalue weighted by Crippen LogP contribution is 2.62. The lowest BCUT2D eigenvalue weighted by atomic mass is 10.0. The van der Waals surface area contributed by atoms with E-state index in [-0.39, 0.29) is 10.8 Å². The minimum atomic E-state index is -0.0128. The molecule has 1 aliphatic rings. The first-order valence-corrected chi connectivity index (χ1v) is 9.69. The Labute approximate surface area is 165 Å². The summed E-state index contributed by atoms with van der Waals surface area (Å²) in [6.07, 6.45) is 0. The van der Waals surface area contributed by atoms with Gasteiger partial charge in [-0.2, -0.15) is 0 Å². The van der Waals surface area contributed by atoms with E-state index in [1.807, 2.05) is 54.6 Å². The first kappa shape index (κ1) is 18.1. The van der Waals surface area contributed by atoms with Gasteiger partial charge in [0.2, 0.25) is 0 Å². The third-order valence-corrected chi connectivity index (χ3v) is 5.99. The molecule has 0 spiro atoms. The average Bonchev–Trinajstić information content (AvgIpc) is 3.24. The molecule has 0 saturated heterocycles. The fourth-order valence-corrected chi connectivity index (χ4v) is 4.16. The topological polar surface area (TPSA) is 18.5 Å². The van der Waals surface area contributed by atoms with Crippen molar-refractivity contribution >= 4 is 11.6 Å². The number of ether oxygens (including phenoxy) is 2. The van der Waals surface area contributed by atoms with Gasteiger partial charge in [0.05, 0.1) is 13.2 Å². The van der Waals surface area contributed by atoms with Crippen LogP contribution in [0, 0.1) is 5.41 Å². The van der Waals surface area contributed by atoms with Crippen molar-refractivity contribution in [2.24, 2.45) is 5.41 Å². The van der Waals surface area contributed by atoms with Crippen LogP contribution in [0.2, 0.25) is 0 Å². The number of para-hydroxylation sites is 1. The lowest BCUT2D eigenvalue weighted by Gasteiger charge is -2.13. The van der Waals surface area contributed by atoms with Gasteiger partial charge < -0.3 is 9.47 Å². The van der Waals surface area contributed by atoms with E-state index in [2.05, 4.69) is 37.3 Å². The molecule has 0 radical (unpaired) electrons. The second-order valence-corrected chi connectivity index (χ2v) is 7.82. The summed E-state index contributed by atoms with van der Waals surface area (Å²) in [5.74, 6) is 2.00. The maximum atomic E-state index is 6.59. The van der Waals surface area contributed by atoms with Gasteiger partial charge in [0.25, 0.3) is 0 Å². The molecule has 27 heavy (non-hydrogen) atoms. The van der Waals surface area contributed by atoms with E-state index >= 15 is 0 Å². The predicted molar refractivity (Wildman–Crippen MR) is 110 cm³/mol. The van der Waals surface area contributed by atoms with E-state index in [0.29, 0.717) is 19.1 Å². The molecule has 3 aromatic rings. The van der Waals surface area contributed by atoms with Crippen molar-refractivity contribution in [3.63, 3.8) is 0 Å². The predicted octanol–water partition coefficient (Wildman–Crippen LogP) is 6.41. The van der Waals surface area contributed by atoms with Crippen LogP contribution in [0.3, 0.4) is 0 Å². The van der Waals surface area contributed by atoms with Gasteiger partial charge in [0.1, 0.15) is 11.5 Å². The number of benzene rings is 3. The third-order valence-electron chi connectivity index (χ3n) is 5.24. The number of hydrogen-bond acceptors (Lipinski definition) is 2. The van der Waals surface area contributed by atoms with Crippen molar-refractivity contribution in [3.05, 3.63) is 96.1 Å². The third kappa shape index (κ3) is 4.02. The van der Waals surface area contributed by atoms with Gasteiger partial charge in [-0.3, -0.25) is 0 Å². The van der Waals surface area contributed by atoms with Crippen LogP contribution >= 0.6 is 11.6 Å². The molecule has 1 fully saturated rings. The summed E-state index contributed by atoms with van der Waals surface area (Å²) in [4.78, 5) is 0. The Morgan fingerprint density at radius 2 is 1.52 bits per heavy atom. The smallest absolute Gasteiger partial charge is 0.127 e. The molecule has 0 bridgehead atoms. The van der Waals surface area contributed by atoms with Crippen LogP contribution in [0.15, 0.2) is 84.9 Å². The fraction of sp³-hybridized carbons (Fsp3) is 0.250. The lowest BCUT2D eigenvalue weighted by Crippen LogP contribution is -2.10. The first-order valence-electron chi connectivity index (χ1n) is 9.25. The van der Waals surface area contributed by atoms with Crippen LogP contribution in [-0.2, 0) is 11.3 Å². The SMILES string of the molecule is C[C@]1(COCc2cccc(Oc3ccccc3)c2)[C@H](c2ccccc2)[C@@H]1Cl. The lowest BCUT2D eigenvalue weighted by molar-refractivity contribution is 0.0823. The fourth-order valence-electron chi connectivity index (χ4n) is 3.60. The highest BCUT2D eigenvalue weighted by molar-refractivity contribution is 6.24. The van der Waals surface area contributed by atoms with E-state index in [0.717, 1.165) is 17.1 Å². The Morgan fingerprint density at radius 1 is 0.852 bits per heavy atom. The molecule has 3 aromatic carbocycles. The summed E-state index contributed by atoms with van der Waals surface area (Å²) in [6.45, 7) is 3.40. The van der Waals surface area contributed by atoms with Crippen LogP contribution < -0.4 is 4.74 Å². The molecule has 0 amide bonds. The van der Waals surface area contributed by atoms with Gasteiger partial charge in [-0.15, -0.1) is 11.6 Å². The number of rotatable bonds is 7. The summed E-state index contributed by atoms with van der Waals surface area (Å²) in [5.41, 5.74) is 2.37. The second kappa shape index (κ2) is 7.75. The molecule has 138 valence electrons. The van der Waals surface area contributed by atoms with E-state index in [1.54, 1.807) is 0 Å². The minimum absolute atomic E-state index is 0.0128. The number of hydrogen-bond donors (Lipinski definition) is 0. The molecular formula is C24H23ClO2. The molecule has 0 N–H and O–H groups in total. The summed E-state index contributed by atoms with van der Waals surface area (Å²) in [6, 6.07) is 28.3. The molecule has 0 aromatic heterocycles. The Bertz CT molecular complexity index is 881. The highest BCUT2D eigenvalue weighted by atomic mass is 35.5. The van der Waals surface area contributed by atoms with E-state index in [9.17, 15) is 0 Å². The molecular weight excluding hydrogens is 356 g/mol. The van der Waals surface area contributed by atoms with Crippen molar-refractivity contribution in [1.29, 1.82) is 0 Å². The zero-order valence-electron chi connectivity index (χ0n) is 15.3. The zero-order valence-corrected chi connectivity index (χ0v) is 16.1. The maximum absolute atomic E-state index is 6.59. The van der Waals surface area contributed by atoms with Crippen molar-refractivity contribution < 1.29 is 9.47 Å². The monoisotopic (exact) mass is 378 g/mol. The molecule has 4 rings (SSSR count). The number of alkyl halides is 1. The molecule has 0 heterocycles. The van der Waals surface area contributed by atoms with Crippen molar-refractivity contribution in [1.82, 2.24) is 0 Å². The minimum Gasteiger partial charge on any atom is -0.457 e. The van der Waals surface area contributed by atoms with Gasteiger partial charge in [-0.25, -0.2) is 0 Å². The standard InChI is InChI=1S/C24H23ClO2/c1-24(22(23(24)25)19-10-4-2-5-11-19)17-26-16-18-9-8-14-21(15-18)27-20-12-6-3-7-13-20/h2-15,22-23H,16-17H2,1H3/t22-,23+,24+/m1/s1. The molecule has 3 atom stereocenters. The van der Waals surface area contributed by atoms with Crippen LogP contribution in [-0.4, -0.2) is 12.0 Å². The normalized spacial score (nSPS) is 23.8. The van der Waals surface area contributed by atoms with Gasteiger partial charge >= 0.3 is 0 Å². The zero-order chi connectivity index (χ0) is 18.7. The summed E-state index contributed by atoms with van der Waals surface area (Å²) in [7, 11) is 0. The summed E-state index contributed by atoms with van der Waals surface area (Å²) < 4.78 is 11.9. The Morgan fingerprint density at radius 3 is 2.26 bits per heavy atom. The summed E-state index contributed by atoms with van der Waals surface area (Å²) in [5, 5.41) is 0.118. The Hall–Kier alpha value is -2.29. The quantitative estimate of drug-likeness (QED) is 0.442. The van der Waals surface area contributed by atoms with Crippen LogP contribution in [0.25, 0.3) is 0 Å². The molecule has 2 nitrogen and oxygen atoms in total. The summed E-state index contributed by atoms with van der Waals surface area (Å²) >= 11 is 6.59. The van der Waals surface area contributed by atoms with E-state index in [1.165, 1.54) is 5.56 Å². The second-order valence-electron chi connectivity index (χ2n) is 7.35. The van der Waals surface area contributed by atoms with E-state index in [4.69, 9.17) is 21.1 Å². The van der Waals surface area contributed by atoms with Crippen molar-refractivity contribution in [2.75, 3.05) is 6.61 Å². The average molecular weight is 379 g/mol. The Kier molecular flexibility index (Phi) is 5.20. The van der Waals surface area contributed by atoms with Crippen LogP contribution in [0.5, 0.6) is 11.5 Å². The van der Waals surface area contributed by atoms with Gasteiger partial charge in [0.15, 0.2) is 0 Å². The van der Waals surface area contributed by atoms with Gasteiger partial charge in [0, 0.05) is 16.7 Å². The number of halogens is 1. The van der Waals surface area contributed by atoms with Crippen LogP contribution in [0.4, 0.5) is 0 Å².